The maximum atomic E-state index is 6.14. The molecule has 0 aliphatic carbocycles. The average molecular weight is 308 g/mol. The second-order valence-corrected chi connectivity index (χ2v) is 4.91. The van der Waals surface area contributed by atoms with Crippen LogP contribution in [-0.4, -0.2) is 23.6 Å². The van der Waals surface area contributed by atoms with Crippen LogP contribution >= 0.6 is 11.6 Å². The van der Waals surface area contributed by atoms with Gasteiger partial charge in [-0.05, 0) is 31.5 Å². The molecule has 2 aromatic rings. The topological polar surface area (TPSA) is 56.3 Å². The van der Waals surface area contributed by atoms with Crippen molar-refractivity contribution < 1.29 is 9.47 Å². The zero-order chi connectivity index (χ0) is 15.2. The van der Waals surface area contributed by atoms with Crippen molar-refractivity contribution in [1.82, 2.24) is 9.97 Å². The SMILES string of the molecule is CCNc1cc(Oc2cc(C)ccc2Cl)nc(COC)n1. The van der Waals surface area contributed by atoms with Crippen molar-refractivity contribution in [3.05, 3.63) is 40.7 Å². The summed E-state index contributed by atoms with van der Waals surface area (Å²) in [5.41, 5.74) is 1.06. The summed E-state index contributed by atoms with van der Waals surface area (Å²) in [7, 11) is 1.60. The van der Waals surface area contributed by atoms with Crippen LogP contribution in [0.3, 0.4) is 0 Å². The highest BCUT2D eigenvalue weighted by atomic mass is 35.5. The first-order valence-electron chi connectivity index (χ1n) is 6.67. The van der Waals surface area contributed by atoms with Crippen LogP contribution < -0.4 is 10.1 Å². The Morgan fingerprint density at radius 1 is 1.24 bits per heavy atom. The van der Waals surface area contributed by atoms with Crippen molar-refractivity contribution >= 4 is 17.4 Å². The molecule has 0 aliphatic rings. The number of rotatable bonds is 6. The van der Waals surface area contributed by atoms with Gasteiger partial charge in [-0.3, -0.25) is 0 Å². The van der Waals surface area contributed by atoms with Crippen LogP contribution in [0, 0.1) is 6.92 Å². The van der Waals surface area contributed by atoms with Crippen molar-refractivity contribution in [1.29, 1.82) is 0 Å². The van der Waals surface area contributed by atoms with E-state index in [0.29, 0.717) is 34.9 Å². The molecule has 2 rings (SSSR count). The molecule has 0 atom stereocenters. The summed E-state index contributed by atoms with van der Waals surface area (Å²) < 4.78 is 10.9. The van der Waals surface area contributed by atoms with Crippen LogP contribution in [0.1, 0.15) is 18.3 Å². The van der Waals surface area contributed by atoms with E-state index in [9.17, 15) is 0 Å². The molecule has 5 nitrogen and oxygen atoms in total. The fraction of sp³-hybridized carbons (Fsp3) is 0.333. The van der Waals surface area contributed by atoms with Gasteiger partial charge in [0, 0.05) is 19.7 Å². The average Bonchev–Trinajstić information content (AvgIpc) is 2.43. The summed E-state index contributed by atoms with van der Waals surface area (Å²) in [6.07, 6.45) is 0. The van der Waals surface area contributed by atoms with E-state index in [1.54, 1.807) is 19.2 Å². The second kappa shape index (κ2) is 7.24. The zero-order valence-corrected chi connectivity index (χ0v) is 13.1. The molecule has 0 bridgehead atoms. The highest BCUT2D eigenvalue weighted by molar-refractivity contribution is 6.32. The molecule has 1 heterocycles. The molecule has 1 aromatic carbocycles. The van der Waals surface area contributed by atoms with Gasteiger partial charge < -0.3 is 14.8 Å². The van der Waals surface area contributed by atoms with Gasteiger partial charge in [0.15, 0.2) is 5.82 Å². The molecule has 0 saturated heterocycles. The Labute approximate surface area is 129 Å². The van der Waals surface area contributed by atoms with Gasteiger partial charge in [0.25, 0.3) is 0 Å². The Morgan fingerprint density at radius 3 is 2.76 bits per heavy atom. The Bertz CT molecular complexity index is 596. The standard InChI is InChI=1S/C15H18ClN3O2/c1-4-17-13-8-15(19-14(18-13)9-20-3)21-12-7-10(2)5-6-11(12)16/h5-8H,4,9H2,1-3H3,(H,17,18,19). The summed E-state index contributed by atoms with van der Waals surface area (Å²) >= 11 is 6.14. The lowest BCUT2D eigenvalue weighted by atomic mass is 10.2. The lowest BCUT2D eigenvalue weighted by Gasteiger charge is -2.11. The monoisotopic (exact) mass is 307 g/mol. The number of hydrogen-bond donors (Lipinski definition) is 1. The number of aromatic nitrogens is 2. The summed E-state index contributed by atoms with van der Waals surface area (Å²) in [4.78, 5) is 8.65. The van der Waals surface area contributed by atoms with E-state index in [-0.39, 0.29) is 0 Å². The Kier molecular flexibility index (Phi) is 5.36. The van der Waals surface area contributed by atoms with Gasteiger partial charge in [0.2, 0.25) is 5.88 Å². The number of nitrogens with one attached hydrogen (secondary N) is 1. The van der Waals surface area contributed by atoms with Gasteiger partial charge in [-0.1, -0.05) is 17.7 Å². The highest BCUT2D eigenvalue weighted by Gasteiger charge is 2.09. The third-order valence-corrected chi connectivity index (χ3v) is 2.99. The predicted molar refractivity (Wildman–Crippen MR) is 83.2 cm³/mol. The molecular formula is C15H18ClN3O2. The molecule has 0 fully saturated rings. The molecular weight excluding hydrogens is 290 g/mol. The number of ether oxygens (including phenoxy) is 2. The van der Waals surface area contributed by atoms with E-state index < -0.39 is 0 Å². The van der Waals surface area contributed by atoms with Gasteiger partial charge in [0.1, 0.15) is 18.2 Å². The van der Waals surface area contributed by atoms with E-state index in [0.717, 1.165) is 12.1 Å². The molecule has 0 radical (unpaired) electrons. The van der Waals surface area contributed by atoms with Crippen LogP contribution in [-0.2, 0) is 11.3 Å². The lowest BCUT2D eigenvalue weighted by Crippen LogP contribution is -2.05. The number of anilines is 1. The van der Waals surface area contributed by atoms with Crippen LogP contribution in [0.5, 0.6) is 11.6 Å². The van der Waals surface area contributed by atoms with E-state index in [2.05, 4.69) is 15.3 Å². The fourth-order valence-corrected chi connectivity index (χ4v) is 1.95. The number of nitrogens with zero attached hydrogens (tertiary/aromatic N) is 2. The second-order valence-electron chi connectivity index (χ2n) is 4.51. The van der Waals surface area contributed by atoms with Gasteiger partial charge >= 0.3 is 0 Å². The molecule has 0 aliphatic heterocycles. The van der Waals surface area contributed by atoms with Crippen LogP contribution in [0.25, 0.3) is 0 Å². The number of methoxy groups -OCH3 is 1. The van der Waals surface area contributed by atoms with Crippen molar-refractivity contribution in [3.8, 4) is 11.6 Å². The summed E-state index contributed by atoms with van der Waals surface area (Å²) in [5.74, 6) is 2.25. The predicted octanol–water partition coefficient (Wildman–Crippen LogP) is 3.81. The quantitative estimate of drug-likeness (QED) is 0.879. The minimum Gasteiger partial charge on any atom is -0.437 e. The normalized spacial score (nSPS) is 10.5. The number of halogens is 1. The molecule has 0 saturated carbocycles. The minimum absolute atomic E-state index is 0.317. The molecule has 0 spiro atoms. The maximum Gasteiger partial charge on any atom is 0.224 e. The van der Waals surface area contributed by atoms with Crippen molar-refractivity contribution in [2.24, 2.45) is 0 Å². The summed E-state index contributed by atoms with van der Waals surface area (Å²) in [6.45, 7) is 5.05. The van der Waals surface area contributed by atoms with Crippen LogP contribution in [0.15, 0.2) is 24.3 Å². The Hall–Kier alpha value is -1.85. The zero-order valence-electron chi connectivity index (χ0n) is 12.3. The van der Waals surface area contributed by atoms with Gasteiger partial charge in [-0.2, -0.15) is 4.98 Å². The largest absolute Gasteiger partial charge is 0.437 e. The van der Waals surface area contributed by atoms with Gasteiger partial charge in [-0.15, -0.1) is 0 Å². The van der Waals surface area contributed by atoms with E-state index >= 15 is 0 Å². The summed E-state index contributed by atoms with van der Waals surface area (Å²) in [5, 5.41) is 3.68. The molecule has 6 heteroatoms. The van der Waals surface area contributed by atoms with E-state index in [4.69, 9.17) is 21.1 Å². The first kappa shape index (κ1) is 15.5. The minimum atomic E-state index is 0.317. The molecule has 21 heavy (non-hydrogen) atoms. The highest BCUT2D eigenvalue weighted by Crippen LogP contribution is 2.30. The van der Waals surface area contributed by atoms with E-state index in [1.807, 2.05) is 26.0 Å². The molecule has 112 valence electrons. The molecule has 1 N–H and O–H groups in total. The smallest absolute Gasteiger partial charge is 0.224 e. The number of benzene rings is 1. The Morgan fingerprint density at radius 2 is 2.05 bits per heavy atom. The number of aryl methyl sites for hydroxylation is 1. The third-order valence-electron chi connectivity index (χ3n) is 2.68. The van der Waals surface area contributed by atoms with E-state index in [1.165, 1.54) is 0 Å². The van der Waals surface area contributed by atoms with Crippen molar-refractivity contribution in [2.45, 2.75) is 20.5 Å². The van der Waals surface area contributed by atoms with Crippen LogP contribution in [0.4, 0.5) is 5.82 Å². The maximum absolute atomic E-state index is 6.14. The number of hydrogen-bond acceptors (Lipinski definition) is 5. The first-order chi connectivity index (χ1) is 10.1. The first-order valence-corrected chi connectivity index (χ1v) is 7.05. The summed E-state index contributed by atoms with van der Waals surface area (Å²) in [6, 6.07) is 7.33. The lowest BCUT2D eigenvalue weighted by molar-refractivity contribution is 0.177. The van der Waals surface area contributed by atoms with Gasteiger partial charge in [0.05, 0.1) is 5.02 Å². The Balaban J connectivity index is 2.31. The van der Waals surface area contributed by atoms with Crippen molar-refractivity contribution in [3.63, 3.8) is 0 Å². The third kappa shape index (κ3) is 4.31. The molecule has 0 amide bonds. The van der Waals surface area contributed by atoms with Crippen molar-refractivity contribution in [2.75, 3.05) is 19.0 Å². The van der Waals surface area contributed by atoms with Gasteiger partial charge in [-0.25, -0.2) is 4.98 Å². The molecule has 0 unspecified atom stereocenters. The van der Waals surface area contributed by atoms with Crippen LogP contribution in [0.2, 0.25) is 5.02 Å². The molecule has 1 aromatic heterocycles. The fourth-order valence-electron chi connectivity index (χ4n) is 1.79.